The summed E-state index contributed by atoms with van der Waals surface area (Å²) >= 11 is 0. The van der Waals surface area contributed by atoms with E-state index in [-0.39, 0.29) is 0 Å². The van der Waals surface area contributed by atoms with Crippen LogP contribution in [0.15, 0.2) is 24.3 Å². The fraction of sp³-hybridized carbons (Fsp3) is 0.647. The average molecular weight is 346 g/mol. The average Bonchev–Trinajstić information content (AvgIpc) is 2.55. The monoisotopic (exact) mass is 346 g/mol. The maximum atomic E-state index is 14.7. The smallest absolute Gasteiger partial charge is 0.381 e. The molecule has 0 unspecified atom stereocenters. The fourth-order valence-corrected chi connectivity index (χ4v) is 3.34. The summed E-state index contributed by atoms with van der Waals surface area (Å²) in [5, 5.41) is 0. The van der Waals surface area contributed by atoms with Gasteiger partial charge in [-0.3, -0.25) is 4.90 Å². The van der Waals surface area contributed by atoms with Crippen LogP contribution in [0.25, 0.3) is 0 Å². The van der Waals surface area contributed by atoms with Crippen LogP contribution in [0.5, 0.6) is 0 Å². The quantitative estimate of drug-likeness (QED) is 0.781. The number of hydrogen-bond donors (Lipinski definition) is 0. The highest BCUT2D eigenvalue weighted by Crippen LogP contribution is 2.32. The first-order valence-corrected chi connectivity index (χ1v) is 8.27. The Morgan fingerprint density at radius 2 is 1.71 bits per heavy atom. The molecule has 1 aromatic carbocycles. The highest BCUT2D eigenvalue weighted by atomic mass is 19.4. The normalized spacial score (nSPS) is 22.6. The predicted molar refractivity (Wildman–Crippen MR) is 84.0 cm³/mol. The van der Waals surface area contributed by atoms with Crippen LogP contribution in [0, 0.1) is 0 Å². The van der Waals surface area contributed by atoms with Crippen molar-refractivity contribution in [3.8, 4) is 0 Å². The Labute approximate surface area is 139 Å². The van der Waals surface area contributed by atoms with E-state index < -0.39 is 17.4 Å². The van der Waals surface area contributed by atoms with Crippen molar-refractivity contribution >= 4 is 5.69 Å². The Hall–Kier alpha value is -1.34. The molecule has 2 heterocycles. The van der Waals surface area contributed by atoms with Gasteiger partial charge >= 0.3 is 6.18 Å². The van der Waals surface area contributed by atoms with Gasteiger partial charge in [-0.15, -0.1) is 0 Å². The van der Waals surface area contributed by atoms with Crippen LogP contribution < -0.4 is 4.90 Å². The lowest BCUT2D eigenvalue weighted by Crippen LogP contribution is -2.52. The molecule has 0 saturated carbocycles. The van der Waals surface area contributed by atoms with Crippen LogP contribution in [-0.2, 0) is 10.9 Å². The molecule has 0 aliphatic carbocycles. The third kappa shape index (κ3) is 4.19. The summed E-state index contributed by atoms with van der Waals surface area (Å²) in [6.45, 7) is 3.82. The van der Waals surface area contributed by atoms with Crippen molar-refractivity contribution in [2.45, 2.75) is 24.7 Å². The molecule has 0 bridgehead atoms. The molecule has 2 aliphatic heterocycles. The number of anilines is 1. The van der Waals surface area contributed by atoms with E-state index in [0.717, 1.165) is 6.07 Å². The van der Waals surface area contributed by atoms with Gasteiger partial charge in [0, 0.05) is 64.5 Å². The van der Waals surface area contributed by atoms with Crippen LogP contribution in [0.3, 0.4) is 0 Å². The van der Waals surface area contributed by atoms with E-state index in [2.05, 4.69) is 4.90 Å². The maximum Gasteiger partial charge on any atom is 0.416 e. The Kier molecular flexibility index (Phi) is 5.01. The number of piperazine rings is 1. The van der Waals surface area contributed by atoms with Crippen LogP contribution in [0.4, 0.5) is 23.2 Å². The number of rotatable bonds is 3. The lowest BCUT2D eigenvalue weighted by molar-refractivity contribution is -0.137. The van der Waals surface area contributed by atoms with Gasteiger partial charge in [0.2, 0.25) is 0 Å². The lowest BCUT2D eigenvalue weighted by atomic mass is 9.95. The van der Waals surface area contributed by atoms with E-state index in [1.165, 1.54) is 12.1 Å². The first-order chi connectivity index (χ1) is 11.4. The second-order valence-electron chi connectivity index (χ2n) is 6.57. The summed E-state index contributed by atoms with van der Waals surface area (Å²) < 4.78 is 58.4. The first-order valence-electron chi connectivity index (χ1n) is 8.27. The van der Waals surface area contributed by atoms with Gasteiger partial charge in [0.05, 0.1) is 5.56 Å². The minimum atomic E-state index is -4.33. The van der Waals surface area contributed by atoms with Gasteiger partial charge in [0.1, 0.15) is 5.67 Å². The molecule has 0 N–H and O–H groups in total. The van der Waals surface area contributed by atoms with Crippen molar-refractivity contribution in [2.24, 2.45) is 0 Å². The number of alkyl halides is 4. The van der Waals surface area contributed by atoms with Crippen molar-refractivity contribution < 1.29 is 22.3 Å². The fourth-order valence-electron chi connectivity index (χ4n) is 3.34. The number of hydrogen-bond acceptors (Lipinski definition) is 3. The van der Waals surface area contributed by atoms with Gasteiger partial charge in [-0.25, -0.2) is 4.39 Å². The summed E-state index contributed by atoms with van der Waals surface area (Å²) in [7, 11) is 0. The standard InChI is InChI=1S/C17H22F4N2O/c18-16(4-10-24-11-5-16)13-22-6-8-23(9-7-22)15-3-1-2-14(12-15)17(19,20)21/h1-3,12H,4-11,13H2. The third-order valence-electron chi connectivity index (χ3n) is 4.81. The van der Waals surface area contributed by atoms with Gasteiger partial charge in [0.15, 0.2) is 0 Å². The van der Waals surface area contributed by atoms with Gasteiger partial charge in [0.25, 0.3) is 0 Å². The molecule has 0 amide bonds. The number of nitrogens with zero attached hydrogens (tertiary/aromatic N) is 2. The molecule has 1 aromatic rings. The number of ether oxygens (including phenoxy) is 1. The molecule has 0 aromatic heterocycles. The topological polar surface area (TPSA) is 15.7 Å². The molecule has 134 valence electrons. The second-order valence-corrected chi connectivity index (χ2v) is 6.57. The molecular weight excluding hydrogens is 324 g/mol. The van der Waals surface area contributed by atoms with Crippen LogP contribution in [-0.4, -0.2) is 56.5 Å². The summed E-state index contributed by atoms with van der Waals surface area (Å²) in [5.41, 5.74) is -1.26. The van der Waals surface area contributed by atoms with Gasteiger partial charge in [-0.05, 0) is 18.2 Å². The highest BCUT2D eigenvalue weighted by molar-refractivity contribution is 5.49. The molecule has 0 atom stereocenters. The summed E-state index contributed by atoms with van der Waals surface area (Å²) in [5.74, 6) is 0. The predicted octanol–water partition coefficient (Wildman–Crippen LogP) is 3.35. The molecule has 24 heavy (non-hydrogen) atoms. The van der Waals surface area contributed by atoms with Crippen molar-refractivity contribution in [1.29, 1.82) is 0 Å². The Bertz CT molecular complexity index is 550. The zero-order valence-electron chi connectivity index (χ0n) is 13.5. The van der Waals surface area contributed by atoms with Crippen LogP contribution in [0.1, 0.15) is 18.4 Å². The molecule has 2 fully saturated rings. The lowest BCUT2D eigenvalue weighted by Gasteiger charge is -2.40. The Morgan fingerprint density at radius 1 is 1.04 bits per heavy atom. The Balaban J connectivity index is 1.57. The van der Waals surface area contributed by atoms with Gasteiger partial charge in [-0.1, -0.05) is 6.07 Å². The zero-order valence-corrected chi connectivity index (χ0v) is 13.5. The SMILES string of the molecule is FC1(CN2CCN(c3cccc(C(F)(F)F)c3)CC2)CCOCC1. The molecule has 2 saturated heterocycles. The van der Waals surface area contributed by atoms with Crippen LogP contribution >= 0.6 is 0 Å². The third-order valence-corrected chi connectivity index (χ3v) is 4.81. The first kappa shape index (κ1) is 17.5. The second kappa shape index (κ2) is 6.88. The largest absolute Gasteiger partial charge is 0.416 e. The molecule has 0 radical (unpaired) electrons. The summed E-state index contributed by atoms with van der Waals surface area (Å²) in [4.78, 5) is 4.00. The van der Waals surface area contributed by atoms with Crippen LogP contribution in [0.2, 0.25) is 0 Å². The Morgan fingerprint density at radius 3 is 2.33 bits per heavy atom. The molecular formula is C17H22F4N2O. The number of benzene rings is 1. The minimum Gasteiger partial charge on any atom is -0.381 e. The van der Waals surface area contributed by atoms with Gasteiger partial charge in [-0.2, -0.15) is 13.2 Å². The van der Waals surface area contributed by atoms with E-state index >= 15 is 0 Å². The maximum absolute atomic E-state index is 14.7. The molecule has 0 spiro atoms. The van der Waals surface area contributed by atoms with Crippen molar-refractivity contribution in [3.05, 3.63) is 29.8 Å². The molecule has 3 nitrogen and oxygen atoms in total. The van der Waals surface area contributed by atoms with E-state index in [1.807, 2.05) is 4.90 Å². The van der Waals surface area contributed by atoms with E-state index in [9.17, 15) is 17.6 Å². The van der Waals surface area contributed by atoms with Crippen molar-refractivity contribution in [1.82, 2.24) is 4.90 Å². The van der Waals surface area contributed by atoms with Gasteiger partial charge < -0.3 is 9.64 Å². The molecule has 3 rings (SSSR count). The van der Waals surface area contributed by atoms with E-state index in [0.29, 0.717) is 64.5 Å². The minimum absolute atomic E-state index is 0.382. The van der Waals surface area contributed by atoms with E-state index in [4.69, 9.17) is 4.74 Å². The van der Waals surface area contributed by atoms with Crippen molar-refractivity contribution in [2.75, 3.05) is 50.8 Å². The highest BCUT2D eigenvalue weighted by Gasteiger charge is 2.35. The van der Waals surface area contributed by atoms with E-state index in [1.54, 1.807) is 6.07 Å². The summed E-state index contributed by atoms with van der Waals surface area (Å²) in [6, 6.07) is 5.39. The summed E-state index contributed by atoms with van der Waals surface area (Å²) in [6.07, 6.45) is -3.50. The molecule has 2 aliphatic rings. The molecule has 7 heteroatoms. The number of halogens is 4. The zero-order chi connectivity index (χ0) is 17.2. The van der Waals surface area contributed by atoms with Crippen molar-refractivity contribution in [3.63, 3.8) is 0 Å².